The highest BCUT2D eigenvalue weighted by atomic mass is 35.5. The Morgan fingerprint density at radius 2 is 2.07 bits per heavy atom. The summed E-state index contributed by atoms with van der Waals surface area (Å²) < 4.78 is 1.96. The van der Waals surface area contributed by atoms with Crippen molar-refractivity contribution in [2.45, 2.75) is 26.9 Å². The summed E-state index contributed by atoms with van der Waals surface area (Å²) in [5.74, 6) is -0.0879. The molecule has 0 bridgehead atoms. The molecule has 142 valence electrons. The number of hydrogen-bond donors (Lipinski definition) is 1. The summed E-state index contributed by atoms with van der Waals surface area (Å²) in [5, 5.41) is 10.4. The normalized spacial score (nSPS) is 11.1. The van der Waals surface area contributed by atoms with Crippen LogP contribution in [0.1, 0.15) is 18.2 Å². The number of halogens is 1. The number of benzene rings is 1. The van der Waals surface area contributed by atoms with E-state index >= 15 is 0 Å². The number of aryl methyl sites for hydroxylation is 1. The summed E-state index contributed by atoms with van der Waals surface area (Å²) in [6.45, 7) is 5.91. The molecule has 1 N–H and O–H groups in total. The van der Waals surface area contributed by atoms with Crippen LogP contribution in [0, 0.1) is 6.92 Å². The van der Waals surface area contributed by atoms with E-state index in [1.807, 2.05) is 59.4 Å². The number of aromatic nitrogens is 3. The minimum Gasteiger partial charge on any atom is -0.301 e. The number of amides is 1. The molecule has 6 nitrogen and oxygen atoms in total. The van der Waals surface area contributed by atoms with Gasteiger partial charge in [0.1, 0.15) is 0 Å². The molecule has 2 heterocycles. The van der Waals surface area contributed by atoms with Crippen molar-refractivity contribution in [2.75, 3.05) is 18.9 Å². The van der Waals surface area contributed by atoms with Crippen LogP contribution in [0.4, 0.5) is 5.13 Å². The van der Waals surface area contributed by atoms with E-state index < -0.39 is 0 Å². The van der Waals surface area contributed by atoms with Gasteiger partial charge in [0.2, 0.25) is 5.91 Å². The average molecular weight is 404 g/mol. The molecule has 0 aliphatic heterocycles. The monoisotopic (exact) mass is 403 g/mol. The number of carbonyl (C=O) groups excluding carboxylic acids is 1. The quantitative estimate of drug-likeness (QED) is 0.646. The third-order valence-corrected chi connectivity index (χ3v) is 5.26. The van der Waals surface area contributed by atoms with Crippen molar-refractivity contribution in [2.24, 2.45) is 0 Å². The molecule has 0 unspecified atom stereocenters. The Morgan fingerprint density at radius 3 is 2.74 bits per heavy atom. The Hall–Kier alpha value is -2.22. The fraction of sp³-hybridized carbons (Fsp3) is 0.316. The van der Waals surface area contributed by atoms with Gasteiger partial charge in [-0.05, 0) is 33.0 Å². The Morgan fingerprint density at radius 1 is 1.33 bits per heavy atom. The smallest absolute Gasteiger partial charge is 0.240 e. The maximum Gasteiger partial charge on any atom is 0.240 e. The van der Waals surface area contributed by atoms with E-state index in [0.29, 0.717) is 16.7 Å². The molecule has 3 aromatic rings. The van der Waals surface area contributed by atoms with Crippen molar-refractivity contribution in [3.63, 3.8) is 0 Å². The molecule has 0 fully saturated rings. The van der Waals surface area contributed by atoms with Gasteiger partial charge in [0.15, 0.2) is 5.13 Å². The van der Waals surface area contributed by atoms with Crippen molar-refractivity contribution in [1.82, 2.24) is 19.7 Å². The van der Waals surface area contributed by atoms with Crippen LogP contribution in [-0.2, 0) is 17.9 Å². The zero-order chi connectivity index (χ0) is 19.4. The van der Waals surface area contributed by atoms with Crippen molar-refractivity contribution in [1.29, 1.82) is 0 Å². The zero-order valence-electron chi connectivity index (χ0n) is 15.6. The van der Waals surface area contributed by atoms with Crippen molar-refractivity contribution in [3.05, 3.63) is 52.1 Å². The number of nitrogens with zero attached hydrogens (tertiary/aromatic N) is 4. The van der Waals surface area contributed by atoms with E-state index in [1.54, 1.807) is 0 Å². The Balaban J connectivity index is 1.56. The van der Waals surface area contributed by atoms with Crippen molar-refractivity contribution < 1.29 is 4.79 Å². The molecular weight excluding hydrogens is 382 g/mol. The Bertz CT molecular complexity index is 919. The van der Waals surface area contributed by atoms with Gasteiger partial charge in [-0.1, -0.05) is 23.7 Å². The molecule has 3 rings (SSSR count). The fourth-order valence-electron chi connectivity index (χ4n) is 2.79. The first-order chi connectivity index (χ1) is 13.0. The Labute approximate surface area is 167 Å². The van der Waals surface area contributed by atoms with Gasteiger partial charge >= 0.3 is 0 Å². The highest BCUT2D eigenvalue weighted by Gasteiger charge is 2.13. The minimum absolute atomic E-state index is 0.0879. The third-order valence-electron chi connectivity index (χ3n) is 4.25. The fourth-order valence-corrected chi connectivity index (χ4v) is 3.66. The summed E-state index contributed by atoms with van der Waals surface area (Å²) in [5.41, 5.74) is 4.06. The molecule has 8 heteroatoms. The largest absolute Gasteiger partial charge is 0.301 e. The van der Waals surface area contributed by atoms with Crippen LogP contribution >= 0.6 is 22.9 Å². The van der Waals surface area contributed by atoms with Crippen LogP contribution < -0.4 is 5.32 Å². The number of likely N-dealkylation sites (N-methyl/N-ethyl adjacent to an activating group) is 1. The molecule has 0 spiro atoms. The molecule has 1 aromatic carbocycles. The standard InChI is InChI=1S/C19H22ClN5OS/c1-4-25-13(2)15(9-21-25)10-24(3)11-18(26)23-19-22-17(12-27-19)14-5-7-16(20)8-6-14/h5-9,12H,4,10-11H2,1-3H3,(H,22,23,26). The number of carbonyl (C=O) groups is 1. The van der Waals surface area contributed by atoms with E-state index in [4.69, 9.17) is 11.6 Å². The second kappa shape index (κ2) is 8.65. The molecule has 1 amide bonds. The summed E-state index contributed by atoms with van der Waals surface area (Å²) in [4.78, 5) is 18.8. The number of nitrogens with one attached hydrogen (secondary N) is 1. The Kier molecular flexibility index (Phi) is 6.26. The van der Waals surface area contributed by atoms with Crippen LogP contribution in [0.15, 0.2) is 35.8 Å². The minimum atomic E-state index is -0.0879. The lowest BCUT2D eigenvalue weighted by molar-refractivity contribution is -0.117. The van der Waals surface area contributed by atoms with Gasteiger partial charge in [-0.2, -0.15) is 5.10 Å². The van der Waals surface area contributed by atoms with Crippen LogP contribution in [0.5, 0.6) is 0 Å². The third kappa shape index (κ3) is 4.94. The van der Waals surface area contributed by atoms with Gasteiger partial charge in [0.25, 0.3) is 0 Å². The van der Waals surface area contributed by atoms with Crippen LogP contribution in [0.3, 0.4) is 0 Å². The first-order valence-corrected chi connectivity index (χ1v) is 9.93. The summed E-state index contributed by atoms with van der Waals surface area (Å²) in [7, 11) is 1.92. The van der Waals surface area contributed by atoms with E-state index in [2.05, 4.69) is 22.3 Å². The van der Waals surface area contributed by atoms with E-state index in [1.165, 1.54) is 11.3 Å². The van der Waals surface area contributed by atoms with Gasteiger partial charge in [-0.15, -0.1) is 11.3 Å². The molecule has 0 atom stereocenters. The molecule has 0 saturated carbocycles. The van der Waals surface area contributed by atoms with Crippen molar-refractivity contribution >= 4 is 34.0 Å². The lowest BCUT2D eigenvalue weighted by atomic mass is 10.2. The zero-order valence-corrected chi connectivity index (χ0v) is 17.1. The second-order valence-corrected chi connectivity index (χ2v) is 7.63. The van der Waals surface area contributed by atoms with Gasteiger partial charge < -0.3 is 5.32 Å². The predicted molar refractivity (Wildman–Crippen MR) is 110 cm³/mol. The van der Waals surface area contributed by atoms with E-state index in [9.17, 15) is 4.79 Å². The molecule has 0 aliphatic carbocycles. The molecule has 0 saturated heterocycles. The molecule has 27 heavy (non-hydrogen) atoms. The number of thiazole rings is 1. The molecular formula is C19H22ClN5OS. The first-order valence-electron chi connectivity index (χ1n) is 8.67. The van der Waals surface area contributed by atoms with Gasteiger partial charge in [0.05, 0.1) is 18.4 Å². The number of rotatable bonds is 7. The maximum absolute atomic E-state index is 12.3. The van der Waals surface area contributed by atoms with Crippen LogP contribution in [-0.4, -0.2) is 39.2 Å². The lowest BCUT2D eigenvalue weighted by Gasteiger charge is -2.15. The summed E-state index contributed by atoms with van der Waals surface area (Å²) in [6, 6.07) is 7.48. The molecule has 2 aromatic heterocycles. The SMILES string of the molecule is CCn1ncc(CN(C)CC(=O)Nc2nc(-c3ccc(Cl)cc3)cs2)c1C. The first kappa shape index (κ1) is 19.5. The lowest BCUT2D eigenvalue weighted by Crippen LogP contribution is -2.30. The van der Waals surface area contributed by atoms with Gasteiger partial charge in [-0.3, -0.25) is 14.4 Å². The number of anilines is 1. The molecule has 0 aliphatic rings. The number of hydrogen-bond acceptors (Lipinski definition) is 5. The molecule has 0 radical (unpaired) electrons. The van der Waals surface area contributed by atoms with Crippen molar-refractivity contribution in [3.8, 4) is 11.3 Å². The van der Waals surface area contributed by atoms with E-state index in [0.717, 1.165) is 29.1 Å². The van der Waals surface area contributed by atoms with Gasteiger partial charge in [0, 0.05) is 40.3 Å². The summed E-state index contributed by atoms with van der Waals surface area (Å²) >= 11 is 7.32. The van der Waals surface area contributed by atoms with Crippen LogP contribution in [0.2, 0.25) is 5.02 Å². The topological polar surface area (TPSA) is 63.1 Å². The average Bonchev–Trinajstić information content (AvgIpc) is 3.22. The van der Waals surface area contributed by atoms with Crippen LogP contribution in [0.25, 0.3) is 11.3 Å². The highest BCUT2D eigenvalue weighted by molar-refractivity contribution is 7.14. The van der Waals surface area contributed by atoms with E-state index in [-0.39, 0.29) is 12.5 Å². The highest BCUT2D eigenvalue weighted by Crippen LogP contribution is 2.26. The summed E-state index contributed by atoms with van der Waals surface area (Å²) in [6.07, 6.45) is 1.87. The van der Waals surface area contributed by atoms with Gasteiger partial charge in [-0.25, -0.2) is 4.98 Å². The maximum atomic E-state index is 12.3. The second-order valence-electron chi connectivity index (χ2n) is 6.34. The predicted octanol–water partition coefficient (Wildman–Crippen LogP) is 4.06.